The second kappa shape index (κ2) is 6.44. The number of allylic oxidation sites excluding steroid dienone is 1. The topological polar surface area (TPSA) is 49.4 Å². The van der Waals surface area contributed by atoms with Crippen molar-refractivity contribution in [1.29, 1.82) is 0 Å². The van der Waals surface area contributed by atoms with E-state index in [2.05, 4.69) is 47.7 Å². The van der Waals surface area contributed by atoms with Gasteiger partial charge in [0.25, 0.3) is 0 Å². The van der Waals surface area contributed by atoms with Crippen LogP contribution in [0.5, 0.6) is 0 Å². The molecule has 0 aliphatic carbocycles. The van der Waals surface area contributed by atoms with Gasteiger partial charge in [-0.1, -0.05) is 53.5 Å². The minimum atomic E-state index is -3.62. The van der Waals surface area contributed by atoms with Crippen molar-refractivity contribution in [2.75, 3.05) is 11.9 Å². The number of rotatable bonds is 4. The summed E-state index contributed by atoms with van der Waals surface area (Å²) < 4.78 is 29.7. The molecule has 148 valence electrons. The van der Waals surface area contributed by atoms with E-state index in [0.717, 1.165) is 27.7 Å². The molecule has 1 saturated heterocycles. The van der Waals surface area contributed by atoms with Gasteiger partial charge < -0.3 is 5.32 Å². The van der Waals surface area contributed by atoms with Crippen LogP contribution in [0.15, 0.2) is 64.5 Å². The first-order valence-electron chi connectivity index (χ1n) is 9.42. The zero-order chi connectivity index (χ0) is 20.3. The summed E-state index contributed by atoms with van der Waals surface area (Å²) in [6, 6.07) is 13.2. The summed E-state index contributed by atoms with van der Waals surface area (Å²) in [5.41, 5.74) is 2.50. The van der Waals surface area contributed by atoms with Gasteiger partial charge in [0.15, 0.2) is 0 Å². The van der Waals surface area contributed by atoms with Gasteiger partial charge in [0, 0.05) is 22.1 Å². The van der Waals surface area contributed by atoms with Gasteiger partial charge in [-0.3, -0.25) is 0 Å². The van der Waals surface area contributed by atoms with E-state index in [4.69, 9.17) is 0 Å². The number of hydrogen-bond donors (Lipinski definition) is 1. The Morgan fingerprint density at radius 3 is 2.57 bits per heavy atom. The zero-order valence-electron chi connectivity index (χ0n) is 16.4. The molecular formula is C22H25BrN2O2S. The average Bonchev–Trinajstić information content (AvgIpc) is 3.18. The molecule has 4 rings (SSSR count). The first kappa shape index (κ1) is 19.7. The highest BCUT2D eigenvalue weighted by Gasteiger charge is 2.62. The van der Waals surface area contributed by atoms with Crippen LogP contribution in [0.4, 0.5) is 5.69 Å². The van der Waals surface area contributed by atoms with Crippen LogP contribution in [-0.2, 0) is 15.4 Å². The molecule has 2 aliphatic heterocycles. The normalized spacial score (nSPS) is 24.5. The highest BCUT2D eigenvalue weighted by atomic mass is 79.9. The van der Waals surface area contributed by atoms with Crippen molar-refractivity contribution in [2.24, 2.45) is 5.41 Å². The number of fused-ring (bicyclic) bond motifs is 3. The van der Waals surface area contributed by atoms with Crippen molar-refractivity contribution in [2.45, 2.75) is 43.7 Å². The van der Waals surface area contributed by atoms with Gasteiger partial charge in [0.2, 0.25) is 10.0 Å². The van der Waals surface area contributed by atoms with Crippen molar-refractivity contribution >= 4 is 31.6 Å². The van der Waals surface area contributed by atoms with E-state index in [0.29, 0.717) is 11.4 Å². The van der Waals surface area contributed by atoms with E-state index in [1.165, 1.54) is 0 Å². The lowest BCUT2D eigenvalue weighted by atomic mass is 9.61. The largest absolute Gasteiger partial charge is 0.368 e. The lowest BCUT2D eigenvalue weighted by Gasteiger charge is -2.43. The third kappa shape index (κ3) is 2.61. The lowest BCUT2D eigenvalue weighted by molar-refractivity contribution is 0.197. The Balaban J connectivity index is 1.86. The minimum Gasteiger partial charge on any atom is -0.368 e. The standard InChI is InChI=1S/C22H25BrN2O2S/c1-5-21(3,4)22-12-13-25(28(26,27)17-9-6-15(2)7-10-17)20(22)24-19-11-8-16(23)14-18(19)22/h5-11,14,20,24H,1,12-13H2,2-4H3/t20-,22+/m0/s1. The number of nitrogens with one attached hydrogen (secondary N) is 1. The second-order valence-electron chi connectivity index (χ2n) is 8.31. The highest BCUT2D eigenvalue weighted by molar-refractivity contribution is 9.10. The second-order valence-corrected chi connectivity index (χ2v) is 11.1. The van der Waals surface area contributed by atoms with Crippen LogP contribution < -0.4 is 5.32 Å². The molecule has 2 aromatic rings. The Morgan fingerprint density at radius 2 is 1.93 bits per heavy atom. The Bertz CT molecular complexity index is 1050. The summed E-state index contributed by atoms with van der Waals surface area (Å²) in [7, 11) is -3.62. The molecule has 0 bridgehead atoms. The number of nitrogens with zero attached hydrogens (tertiary/aromatic N) is 1. The molecule has 0 saturated carbocycles. The summed E-state index contributed by atoms with van der Waals surface area (Å²) in [4.78, 5) is 0.337. The average molecular weight is 461 g/mol. The maximum atomic E-state index is 13.5. The van der Waals surface area contributed by atoms with Crippen molar-refractivity contribution in [3.8, 4) is 0 Å². The van der Waals surface area contributed by atoms with Gasteiger partial charge in [-0.15, -0.1) is 6.58 Å². The van der Waals surface area contributed by atoms with Crippen LogP contribution in [0, 0.1) is 12.3 Å². The molecule has 1 N–H and O–H groups in total. The van der Waals surface area contributed by atoms with E-state index >= 15 is 0 Å². The maximum absolute atomic E-state index is 13.5. The number of sulfonamides is 1. The van der Waals surface area contributed by atoms with Crippen molar-refractivity contribution < 1.29 is 8.42 Å². The molecule has 2 aliphatic rings. The third-order valence-electron chi connectivity index (χ3n) is 6.52. The Labute approximate surface area is 175 Å². The molecule has 2 atom stereocenters. The van der Waals surface area contributed by atoms with Crippen LogP contribution in [0.1, 0.15) is 31.4 Å². The molecule has 28 heavy (non-hydrogen) atoms. The summed E-state index contributed by atoms with van der Waals surface area (Å²) in [5.74, 6) is 0. The van der Waals surface area contributed by atoms with Crippen molar-refractivity contribution in [3.05, 3.63) is 70.7 Å². The summed E-state index contributed by atoms with van der Waals surface area (Å²) >= 11 is 3.59. The molecule has 0 aromatic heterocycles. The molecule has 0 radical (unpaired) electrons. The van der Waals surface area contributed by atoms with E-state index in [9.17, 15) is 8.42 Å². The molecule has 2 aromatic carbocycles. The van der Waals surface area contributed by atoms with E-state index < -0.39 is 10.0 Å². The van der Waals surface area contributed by atoms with E-state index in [1.54, 1.807) is 16.4 Å². The number of hydrogen-bond acceptors (Lipinski definition) is 3. The van der Waals surface area contributed by atoms with Gasteiger partial charge in [-0.2, -0.15) is 4.31 Å². The van der Waals surface area contributed by atoms with Gasteiger partial charge in [0.1, 0.15) is 6.17 Å². The van der Waals surface area contributed by atoms with Crippen molar-refractivity contribution in [3.63, 3.8) is 0 Å². The molecule has 0 unspecified atom stereocenters. The Morgan fingerprint density at radius 1 is 1.25 bits per heavy atom. The minimum absolute atomic E-state index is 0.297. The lowest BCUT2D eigenvalue weighted by Crippen LogP contribution is -2.52. The Kier molecular flexibility index (Phi) is 4.53. The SMILES string of the molecule is C=CC(C)(C)[C@@]12CCN(S(=O)(=O)c3ccc(C)cc3)[C@@H]1Nc1ccc(Br)cc12. The molecular weight excluding hydrogens is 436 g/mol. The summed E-state index contributed by atoms with van der Waals surface area (Å²) in [6.07, 6.45) is 2.34. The van der Waals surface area contributed by atoms with E-state index in [-0.39, 0.29) is 17.0 Å². The fourth-order valence-electron chi connectivity index (χ4n) is 4.74. The van der Waals surface area contributed by atoms with Crippen LogP contribution >= 0.6 is 15.9 Å². The van der Waals surface area contributed by atoms with Gasteiger partial charge in [-0.25, -0.2) is 8.42 Å². The first-order valence-corrected chi connectivity index (χ1v) is 11.7. The number of anilines is 1. The van der Waals surface area contributed by atoms with Gasteiger partial charge >= 0.3 is 0 Å². The maximum Gasteiger partial charge on any atom is 0.244 e. The summed E-state index contributed by atoms with van der Waals surface area (Å²) in [6.45, 7) is 10.8. The number of benzene rings is 2. The molecule has 2 heterocycles. The predicted octanol–water partition coefficient (Wildman–Crippen LogP) is 5.05. The molecule has 1 fully saturated rings. The smallest absolute Gasteiger partial charge is 0.244 e. The fourth-order valence-corrected chi connectivity index (χ4v) is 6.70. The van der Waals surface area contributed by atoms with Crippen LogP contribution in [0.3, 0.4) is 0 Å². The highest BCUT2D eigenvalue weighted by Crippen LogP contribution is 2.59. The van der Waals surface area contributed by atoms with Crippen molar-refractivity contribution in [1.82, 2.24) is 4.31 Å². The van der Waals surface area contributed by atoms with E-state index in [1.807, 2.05) is 37.3 Å². The number of aryl methyl sites for hydroxylation is 1. The van der Waals surface area contributed by atoms with Crippen LogP contribution in [-0.4, -0.2) is 25.4 Å². The quantitative estimate of drug-likeness (QED) is 0.648. The monoisotopic (exact) mass is 460 g/mol. The molecule has 0 amide bonds. The van der Waals surface area contributed by atoms with Crippen LogP contribution in [0.2, 0.25) is 0 Å². The Hall–Kier alpha value is -1.63. The molecule has 0 spiro atoms. The third-order valence-corrected chi connectivity index (χ3v) is 8.90. The predicted molar refractivity (Wildman–Crippen MR) is 117 cm³/mol. The zero-order valence-corrected chi connectivity index (χ0v) is 18.8. The van der Waals surface area contributed by atoms with Gasteiger partial charge in [0.05, 0.1) is 4.90 Å². The molecule has 4 nitrogen and oxygen atoms in total. The fraction of sp³-hybridized carbons (Fsp3) is 0.364. The molecule has 6 heteroatoms. The van der Waals surface area contributed by atoms with Gasteiger partial charge in [-0.05, 0) is 54.7 Å². The number of halogens is 1. The van der Waals surface area contributed by atoms with Crippen LogP contribution in [0.25, 0.3) is 0 Å². The first-order chi connectivity index (χ1) is 13.1. The summed E-state index contributed by atoms with van der Waals surface area (Å²) in [5, 5.41) is 3.52.